The Hall–Kier alpha value is -2.51. The number of H-pyrrole nitrogens is 1. The van der Waals surface area contributed by atoms with Crippen molar-refractivity contribution in [3.05, 3.63) is 45.3 Å². The number of quaternary nitrogens is 1. The van der Waals surface area contributed by atoms with E-state index in [4.69, 9.17) is 9.15 Å². The SMILES string of the molecule is Cc1csc(-c2coc3cc(OC(=O)C([NH3+])C(C)C)cc(C)c3c2=O)[nH+]1. The van der Waals surface area contributed by atoms with Crippen LogP contribution in [0.15, 0.2) is 33.0 Å². The number of aryl methyl sites for hydroxylation is 2. The molecule has 0 fully saturated rings. The number of ether oxygens (including phenoxy) is 1. The van der Waals surface area contributed by atoms with E-state index in [1.165, 1.54) is 17.6 Å². The van der Waals surface area contributed by atoms with E-state index in [1.54, 1.807) is 19.1 Å². The molecule has 7 heteroatoms. The molecule has 0 radical (unpaired) electrons. The highest BCUT2D eigenvalue weighted by Gasteiger charge is 2.24. The molecule has 4 N–H and O–H groups in total. The number of hydrogen-bond donors (Lipinski definition) is 1. The van der Waals surface area contributed by atoms with Crippen LogP contribution in [0, 0.1) is 19.8 Å². The van der Waals surface area contributed by atoms with Crippen molar-refractivity contribution in [3.8, 4) is 16.3 Å². The van der Waals surface area contributed by atoms with Crippen molar-refractivity contribution in [3.63, 3.8) is 0 Å². The van der Waals surface area contributed by atoms with Crippen molar-refractivity contribution >= 4 is 28.3 Å². The number of esters is 1. The van der Waals surface area contributed by atoms with Crippen LogP contribution in [0.1, 0.15) is 25.1 Å². The van der Waals surface area contributed by atoms with Crippen molar-refractivity contribution in [2.45, 2.75) is 33.7 Å². The van der Waals surface area contributed by atoms with Gasteiger partial charge in [0.25, 0.3) is 5.01 Å². The number of nitrogens with one attached hydrogen (secondary N) is 1. The number of fused-ring (bicyclic) bond motifs is 1. The van der Waals surface area contributed by atoms with E-state index in [0.29, 0.717) is 27.8 Å². The molecule has 136 valence electrons. The van der Waals surface area contributed by atoms with E-state index >= 15 is 0 Å². The van der Waals surface area contributed by atoms with E-state index < -0.39 is 12.0 Å². The van der Waals surface area contributed by atoms with Gasteiger partial charge in [0.1, 0.15) is 23.2 Å². The third-order valence-electron chi connectivity index (χ3n) is 4.28. The van der Waals surface area contributed by atoms with Crippen LogP contribution in [0.5, 0.6) is 5.75 Å². The molecule has 2 heterocycles. The zero-order valence-corrected chi connectivity index (χ0v) is 16.0. The molecular weight excluding hydrogens is 352 g/mol. The summed E-state index contributed by atoms with van der Waals surface area (Å²) < 4.78 is 11.1. The normalized spacial score (nSPS) is 12.5. The molecule has 0 spiro atoms. The lowest BCUT2D eigenvalue weighted by atomic mass is 10.1. The Morgan fingerprint density at radius 2 is 2.04 bits per heavy atom. The minimum absolute atomic E-state index is 0.0787. The van der Waals surface area contributed by atoms with E-state index in [9.17, 15) is 9.59 Å². The van der Waals surface area contributed by atoms with Crippen molar-refractivity contribution < 1.29 is 24.7 Å². The molecule has 3 rings (SSSR count). The molecule has 0 bridgehead atoms. The predicted octanol–water partition coefficient (Wildman–Crippen LogP) is 2.12. The highest BCUT2D eigenvalue weighted by Crippen LogP contribution is 2.26. The third kappa shape index (κ3) is 3.40. The fourth-order valence-electron chi connectivity index (χ4n) is 2.61. The molecular formula is C19H22N2O4S+2. The molecule has 3 aromatic rings. The standard InChI is InChI=1S/C19H20N2O4S/c1-9(2)16(20)19(23)25-12-5-10(3)15-14(6-12)24-7-13(17(15)22)18-21-11(4)8-26-18/h5-9,16H,20H2,1-4H3/p+2. The quantitative estimate of drug-likeness (QED) is 0.559. The lowest BCUT2D eigenvalue weighted by Gasteiger charge is -2.12. The molecule has 1 unspecified atom stereocenters. The summed E-state index contributed by atoms with van der Waals surface area (Å²) >= 11 is 1.46. The zero-order chi connectivity index (χ0) is 19.0. The number of carbonyl (C=O) groups is 1. The molecule has 0 aliphatic rings. The summed E-state index contributed by atoms with van der Waals surface area (Å²) in [5.74, 6) is 0.0279. The van der Waals surface area contributed by atoms with Gasteiger partial charge < -0.3 is 14.9 Å². The van der Waals surface area contributed by atoms with Gasteiger partial charge in [0, 0.05) is 18.9 Å². The maximum atomic E-state index is 12.9. The molecule has 2 aromatic heterocycles. The van der Waals surface area contributed by atoms with E-state index in [2.05, 4.69) is 10.7 Å². The average molecular weight is 374 g/mol. The van der Waals surface area contributed by atoms with Gasteiger partial charge >= 0.3 is 5.97 Å². The average Bonchev–Trinajstić information content (AvgIpc) is 3.00. The summed E-state index contributed by atoms with van der Waals surface area (Å²) in [5.41, 5.74) is 6.27. The minimum atomic E-state index is -0.460. The summed E-state index contributed by atoms with van der Waals surface area (Å²) in [4.78, 5) is 28.2. The highest BCUT2D eigenvalue weighted by atomic mass is 32.1. The summed E-state index contributed by atoms with van der Waals surface area (Å²) in [5, 5.41) is 3.18. The van der Waals surface area contributed by atoms with Crippen LogP contribution in [-0.2, 0) is 4.79 Å². The molecule has 1 aromatic carbocycles. The fourth-order valence-corrected chi connectivity index (χ4v) is 3.45. The van der Waals surface area contributed by atoms with E-state index in [-0.39, 0.29) is 11.3 Å². The lowest BCUT2D eigenvalue weighted by molar-refractivity contribution is -0.417. The molecule has 0 saturated carbocycles. The van der Waals surface area contributed by atoms with Crippen molar-refractivity contribution in [1.29, 1.82) is 0 Å². The van der Waals surface area contributed by atoms with Gasteiger partial charge in [-0.25, -0.2) is 4.79 Å². The highest BCUT2D eigenvalue weighted by molar-refractivity contribution is 7.12. The zero-order valence-electron chi connectivity index (χ0n) is 15.2. The topological polar surface area (TPSA) is 98.3 Å². The van der Waals surface area contributed by atoms with Gasteiger partial charge in [0.05, 0.1) is 10.8 Å². The van der Waals surface area contributed by atoms with Gasteiger partial charge in [-0.05, 0) is 18.6 Å². The Morgan fingerprint density at radius 1 is 1.31 bits per heavy atom. The minimum Gasteiger partial charge on any atom is -0.463 e. The Balaban J connectivity index is 2.03. The summed E-state index contributed by atoms with van der Waals surface area (Å²) in [7, 11) is 0. The van der Waals surface area contributed by atoms with E-state index in [1.807, 2.05) is 26.2 Å². The first-order chi connectivity index (χ1) is 12.3. The monoisotopic (exact) mass is 374 g/mol. The molecule has 6 nitrogen and oxygen atoms in total. The largest absolute Gasteiger partial charge is 0.463 e. The second-order valence-corrected chi connectivity index (χ2v) is 7.62. The fraction of sp³-hybridized carbons (Fsp3) is 0.316. The molecule has 0 aliphatic carbocycles. The van der Waals surface area contributed by atoms with Crippen LogP contribution in [0.4, 0.5) is 0 Å². The predicted molar refractivity (Wildman–Crippen MR) is 99.0 cm³/mol. The number of thiazole rings is 1. The second-order valence-electron chi connectivity index (χ2n) is 6.74. The van der Waals surface area contributed by atoms with Gasteiger partial charge in [-0.15, -0.1) is 0 Å². The number of hydrogen-bond acceptors (Lipinski definition) is 5. The molecule has 0 amide bonds. The van der Waals surface area contributed by atoms with Crippen LogP contribution < -0.4 is 20.9 Å². The van der Waals surface area contributed by atoms with Crippen LogP contribution in [0.2, 0.25) is 0 Å². The number of carbonyl (C=O) groups excluding carboxylic acids is 1. The van der Waals surface area contributed by atoms with E-state index in [0.717, 1.165) is 10.7 Å². The Kier molecular flexibility index (Phi) is 4.93. The molecule has 0 saturated heterocycles. The Labute approximate surface area is 154 Å². The van der Waals surface area contributed by atoms with Gasteiger partial charge in [-0.2, -0.15) is 4.98 Å². The Morgan fingerprint density at radius 3 is 2.65 bits per heavy atom. The van der Waals surface area contributed by atoms with Gasteiger partial charge in [0.15, 0.2) is 11.7 Å². The number of aromatic nitrogens is 1. The first-order valence-electron chi connectivity index (χ1n) is 8.36. The van der Waals surface area contributed by atoms with Crippen LogP contribution in [0.25, 0.3) is 21.5 Å². The number of benzene rings is 1. The first-order valence-corrected chi connectivity index (χ1v) is 9.24. The Bertz CT molecular complexity index is 1040. The van der Waals surface area contributed by atoms with Gasteiger partial charge in [-0.1, -0.05) is 25.2 Å². The lowest BCUT2D eigenvalue weighted by Crippen LogP contribution is -2.68. The second kappa shape index (κ2) is 7.01. The molecule has 26 heavy (non-hydrogen) atoms. The number of aromatic amines is 1. The maximum Gasteiger partial charge on any atom is 0.370 e. The van der Waals surface area contributed by atoms with Crippen LogP contribution in [-0.4, -0.2) is 12.0 Å². The molecule has 1 atom stereocenters. The third-order valence-corrected chi connectivity index (χ3v) is 5.31. The summed E-state index contributed by atoms with van der Waals surface area (Å²) in [6.45, 7) is 7.55. The molecule has 0 aliphatic heterocycles. The number of rotatable bonds is 4. The van der Waals surface area contributed by atoms with Crippen molar-refractivity contribution in [2.24, 2.45) is 5.92 Å². The maximum absolute atomic E-state index is 12.9. The van der Waals surface area contributed by atoms with Crippen molar-refractivity contribution in [1.82, 2.24) is 0 Å². The van der Waals surface area contributed by atoms with Crippen LogP contribution in [0.3, 0.4) is 0 Å². The van der Waals surface area contributed by atoms with Crippen LogP contribution >= 0.6 is 11.3 Å². The first kappa shape index (κ1) is 18.3. The summed E-state index contributed by atoms with van der Waals surface area (Å²) in [6, 6.07) is 2.79. The van der Waals surface area contributed by atoms with Gasteiger partial charge in [0.2, 0.25) is 5.43 Å². The van der Waals surface area contributed by atoms with Crippen molar-refractivity contribution in [2.75, 3.05) is 0 Å². The smallest absolute Gasteiger partial charge is 0.370 e. The summed E-state index contributed by atoms with van der Waals surface area (Å²) in [6.07, 6.45) is 1.44. The van der Waals surface area contributed by atoms with Gasteiger partial charge in [-0.3, -0.25) is 4.79 Å².